The van der Waals surface area contributed by atoms with Crippen molar-refractivity contribution in [2.24, 2.45) is 7.05 Å². The van der Waals surface area contributed by atoms with Crippen LogP contribution < -0.4 is 0 Å². The van der Waals surface area contributed by atoms with Gasteiger partial charge < -0.3 is 0 Å². The first-order valence-electron chi connectivity index (χ1n) is 6.61. The molecular weight excluding hydrogens is 335 g/mol. The van der Waals surface area contributed by atoms with Crippen LogP contribution in [0.3, 0.4) is 0 Å². The smallest absolute Gasteiger partial charge is 0.215 e. The fraction of sp³-hybridized carbons (Fsp3) is 0.0714. The lowest BCUT2D eigenvalue weighted by molar-refractivity contribution is 0.628. The summed E-state index contributed by atoms with van der Waals surface area (Å²) in [6, 6.07) is 8.40. The van der Waals surface area contributed by atoms with Gasteiger partial charge in [0.25, 0.3) is 0 Å². The number of rotatable bonds is 3. The summed E-state index contributed by atoms with van der Waals surface area (Å²) in [5, 5.41) is 12.9. The average molecular weight is 344 g/mol. The summed E-state index contributed by atoms with van der Waals surface area (Å²) < 4.78 is 15.6. The van der Waals surface area contributed by atoms with Crippen LogP contribution in [0, 0.1) is 5.82 Å². The molecule has 23 heavy (non-hydrogen) atoms. The molecule has 0 amide bonds. The summed E-state index contributed by atoms with van der Waals surface area (Å²) in [4.78, 5) is 9.66. The van der Waals surface area contributed by atoms with E-state index in [1.54, 1.807) is 35.2 Å². The van der Waals surface area contributed by atoms with Crippen LogP contribution in [0.4, 0.5) is 4.39 Å². The Labute approximate surface area is 138 Å². The lowest BCUT2D eigenvalue weighted by Crippen LogP contribution is -1.93. The molecule has 0 unspecified atom stereocenters. The van der Waals surface area contributed by atoms with Crippen LogP contribution >= 0.6 is 23.1 Å². The van der Waals surface area contributed by atoms with E-state index in [0.29, 0.717) is 5.16 Å². The van der Waals surface area contributed by atoms with Gasteiger partial charge in [0.2, 0.25) is 5.16 Å². The Morgan fingerprint density at radius 1 is 1.17 bits per heavy atom. The van der Waals surface area contributed by atoms with E-state index in [-0.39, 0.29) is 5.82 Å². The molecule has 4 rings (SSSR count). The normalized spacial score (nSPS) is 11.2. The van der Waals surface area contributed by atoms with Gasteiger partial charge in [0.15, 0.2) is 0 Å². The molecule has 0 N–H and O–H groups in total. The number of nitrogens with zero attached hydrogens (tertiary/aromatic N) is 6. The van der Waals surface area contributed by atoms with Crippen molar-refractivity contribution in [3.05, 3.63) is 42.5 Å². The maximum Gasteiger partial charge on any atom is 0.215 e. The maximum absolute atomic E-state index is 13.1. The Hall–Kier alpha value is -2.39. The molecule has 114 valence electrons. The Bertz CT molecular complexity index is 979. The number of halogens is 1. The van der Waals surface area contributed by atoms with Gasteiger partial charge in [0.05, 0.1) is 10.2 Å². The lowest BCUT2D eigenvalue weighted by Gasteiger charge is -1.99. The minimum Gasteiger partial charge on any atom is -0.235 e. The van der Waals surface area contributed by atoms with Crippen molar-refractivity contribution >= 4 is 33.3 Å². The van der Waals surface area contributed by atoms with Gasteiger partial charge in [-0.25, -0.2) is 19.0 Å². The molecule has 0 saturated carbocycles. The van der Waals surface area contributed by atoms with E-state index in [1.807, 2.05) is 6.07 Å². The third-order valence-corrected chi connectivity index (χ3v) is 5.52. The molecule has 0 bridgehead atoms. The predicted octanol–water partition coefficient (Wildman–Crippen LogP) is 3.17. The van der Waals surface area contributed by atoms with Crippen LogP contribution in [0.1, 0.15) is 0 Å². The van der Waals surface area contributed by atoms with Crippen molar-refractivity contribution in [3.63, 3.8) is 0 Å². The van der Waals surface area contributed by atoms with E-state index >= 15 is 0 Å². The minimum absolute atomic E-state index is 0.249. The molecule has 3 heterocycles. The van der Waals surface area contributed by atoms with Crippen LogP contribution in [0.15, 0.2) is 46.8 Å². The molecule has 0 aliphatic rings. The van der Waals surface area contributed by atoms with E-state index in [2.05, 4.69) is 25.5 Å². The molecule has 6 nitrogen and oxygen atoms in total. The number of aryl methyl sites for hydroxylation is 1. The molecular formula is C14H9FN6S2. The van der Waals surface area contributed by atoms with Crippen LogP contribution in [0.5, 0.6) is 0 Å². The first-order chi connectivity index (χ1) is 11.2. The number of hydrogen-bond acceptors (Lipinski definition) is 7. The molecule has 3 aromatic heterocycles. The summed E-state index contributed by atoms with van der Waals surface area (Å²) in [7, 11) is 1.78. The van der Waals surface area contributed by atoms with Crippen LogP contribution in [-0.4, -0.2) is 30.2 Å². The predicted molar refractivity (Wildman–Crippen MR) is 85.7 cm³/mol. The topological polar surface area (TPSA) is 69.4 Å². The molecule has 0 aliphatic carbocycles. The molecule has 9 heteroatoms. The Kier molecular flexibility index (Phi) is 3.50. The van der Waals surface area contributed by atoms with Crippen LogP contribution in [-0.2, 0) is 7.05 Å². The molecule has 1 aromatic carbocycles. The number of aromatic nitrogens is 6. The lowest BCUT2D eigenvalue weighted by atomic mass is 10.2. The summed E-state index contributed by atoms with van der Waals surface area (Å²) in [6.45, 7) is 0. The zero-order chi connectivity index (χ0) is 15.8. The standard InChI is InChI=1S/C14H9FN6S2/c1-21-14(18-19-20-21)23-13-12-10(16-7-17-13)6-11(22-12)8-2-4-9(15)5-3-8/h2-7H,1H3. The average Bonchev–Trinajstić information content (AvgIpc) is 3.15. The first kappa shape index (κ1) is 14.2. The van der Waals surface area contributed by atoms with E-state index in [9.17, 15) is 4.39 Å². The van der Waals surface area contributed by atoms with E-state index in [0.717, 1.165) is 25.7 Å². The zero-order valence-corrected chi connectivity index (χ0v) is 13.5. The van der Waals surface area contributed by atoms with E-state index < -0.39 is 0 Å². The van der Waals surface area contributed by atoms with Gasteiger partial charge in [-0.05, 0) is 46.0 Å². The Morgan fingerprint density at radius 3 is 2.74 bits per heavy atom. The highest BCUT2D eigenvalue weighted by Gasteiger charge is 2.14. The highest BCUT2D eigenvalue weighted by molar-refractivity contribution is 7.99. The van der Waals surface area contributed by atoms with Crippen molar-refractivity contribution in [2.45, 2.75) is 10.2 Å². The summed E-state index contributed by atoms with van der Waals surface area (Å²) in [5.41, 5.74) is 1.80. The summed E-state index contributed by atoms with van der Waals surface area (Å²) >= 11 is 2.95. The van der Waals surface area contributed by atoms with Gasteiger partial charge in [-0.1, -0.05) is 12.1 Å². The van der Waals surface area contributed by atoms with E-state index in [1.165, 1.54) is 30.2 Å². The second-order valence-electron chi connectivity index (χ2n) is 4.70. The Balaban J connectivity index is 1.78. The van der Waals surface area contributed by atoms with Crippen molar-refractivity contribution in [2.75, 3.05) is 0 Å². The summed E-state index contributed by atoms with van der Waals surface area (Å²) in [6.07, 6.45) is 1.52. The minimum atomic E-state index is -0.249. The van der Waals surface area contributed by atoms with Crippen molar-refractivity contribution in [1.29, 1.82) is 0 Å². The third-order valence-electron chi connectivity index (χ3n) is 3.18. The second kappa shape index (κ2) is 5.67. The highest BCUT2D eigenvalue weighted by atomic mass is 32.2. The quantitative estimate of drug-likeness (QED) is 0.532. The first-order valence-corrected chi connectivity index (χ1v) is 8.25. The van der Waals surface area contributed by atoms with Crippen LogP contribution in [0.25, 0.3) is 20.7 Å². The van der Waals surface area contributed by atoms with Gasteiger partial charge in [0, 0.05) is 11.9 Å². The van der Waals surface area contributed by atoms with Gasteiger partial charge in [-0.15, -0.1) is 16.4 Å². The van der Waals surface area contributed by atoms with E-state index in [4.69, 9.17) is 0 Å². The third kappa shape index (κ3) is 2.68. The number of tetrazole rings is 1. The number of hydrogen-bond donors (Lipinski definition) is 0. The largest absolute Gasteiger partial charge is 0.235 e. The molecule has 0 radical (unpaired) electrons. The second-order valence-corrected chi connectivity index (χ2v) is 6.71. The van der Waals surface area contributed by atoms with Gasteiger partial charge in [-0.2, -0.15) is 0 Å². The number of benzene rings is 1. The molecule has 0 atom stereocenters. The van der Waals surface area contributed by atoms with Crippen molar-refractivity contribution < 1.29 is 4.39 Å². The number of fused-ring (bicyclic) bond motifs is 1. The fourth-order valence-electron chi connectivity index (χ4n) is 2.06. The molecule has 0 fully saturated rings. The van der Waals surface area contributed by atoms with Crippen molar-refractivity contribution in [1.82, 2.24) is 30.2 Å². The Morgan fingerprint density at radius 2 is 2.00 bits per heavy atom. The SMILES string of the molecule is Cn1nnnc1Sc1ncnc2cc(-c3ccc(F)cc3)sc12. The van der Waals surface area contributed by atoms with Gasteiger partial charge in [0.1, 0.15) is 17.2 Å². The van der Waals surface area contributed by atoms with Gasteiger partial charge in [-0.3, -0.25) is 0 Å². The van der Waals surface area contributed by atoms with Crippen LogP contribution in [0.2, 0.25) is 0 Å². The molecule has 0 spiro atoms. The monoisotopic (exact) mass is 344 g/mol. The molecule has 4 aromatic rings. The molecule has 0 saturated heterocycles. The summed E-state index contributed by atoms with van der Waals surface area (Å²) in [5.74, 6) is -0.249. The fourth-order valence-corrected chi connectivity index (χ4v) is 4.02. The zero-order valence-electron chi connectivity index (χ0n) is 11.8. The highest BCUT2D eigenvalue weighted by Crippen LogP contribution is 2.38. The van der Waals surface area contributed by atoms with Crippen molar-refractivity contribution in [3.8, 4) is 10.4 Å². The number of thiophene rings is 1. The molecule has 0 aliphatic heterocycles. The maximum atomic E-state index is 13.1. The van der Waals surface area contributed by atoms with Gasteiger partial charge >= 0.3 is 0 Å².